The molecule has 2 aromatic carbocycles. The number of anilines is 1. The van der Waals surface area contributed by atoms with Gasteiger partial charge >= 0.3 is 0 Å². The molecule has 3 heterocycles. The molecule has 0 N–H and O–H groups in total. The van der Waals surface area contributed by atoms with Gasteiger partial charge in [-0.2, -0.15) is 0 Å². The fourth-order valence-electron chi connectivity index (χ4n) is 3.94. The van der Waals surface area contributed by atoms with Crippen LogP contribution in [0.2, 0.25) is 0 Å². The van der Waals surface area contributed by atoms with Crippen LogP contribution in [0.3, 0.4) is 0 Å². The Labute approximate surface area is 192 Å². The molecule has 0 spiro atoms. The van der Waals surface area contributed by atoms with Crippen molar-refractivity contribution < 1.29 is 18.3 Å². The molecule has 33 heavy (non-hydrogen) atoms. The van der Waals surface area contributed by atoms with E-state index < -0.39 is 23.2 Å². The van der Waals surface area contributed by atoms with Crippen molar-refractivity contribution in [3.05, 3.63) is 80.4 Å². The molecular formula is C24H20FN3O4S. The molecule has 0 saturated carbocycles. The van der Waals surface area contributed by atoms with Crippen LogP contribution in [0.4, 0.5) is 9.52 Å². The summed E-state index contributed by atoms with van der Waals surface area (Å²) in [5.74, 6) is -0.494. The Balaban J connectivity index is 1.75. The summed E-state index contributed by atoms with van der Waals surface area (Å²) in [7, 11) is 0. The van der Waals surface area contributed by atoms with Crippen molar-refractivity contribution in [1.29, 1.82) is 0 Å². The number of rotatable bonds is 6. The molecule has 1 unspecified atom stereocenters. The summed E-state index contributed by atoms with van der Waals surface area (Å²) in [6, 6.07) is 10.1. The number of carbonyl (C=O) groups excluding carboxylic acids is 1. The van der Waals surface area contributed by atoms with E-state index in [0.29, 0.717) is 29.5 Å². The van der Waals surface area contributed by atoms with E-state index in [1.165, 1.54) is 28.4 Å². The second-order valence-corrected chi connectivity index (χ2v) is 8.69. The lowest BCUT2D eigenvalue weighted by molar-refractivity contribution is 0.0970. The zero-order valence-electron chi connectivity index (χ0n) is 18.0. The number of carbonyl (C=O) groups is 1. The molecule has 0 radical (unpaired) electrons. The highest BCUT2D eigenvalue weighted by Gasteiger charge is 2.45. The van der Waals surface area contributed by atoms with E-state index in [2.05, 4.69) is 10.2 Å². The number of ether oxygens (including phenoxy) is 1. The quantitative estimate of drug-likeness (QED) is 0.403. The minimum absolute atomic E-state index is 0.0720. The van der Waals surface area contributed by atoms with E-state index >= 15 is 0 Å². The highest BCUT2D eigenvalue weighted by atomic mass is 32.1. The molecule has 0 aliphatic carbocycles. The highest BCUT2D eigenvalue weighted by Crippen LogP contribution is 2.42. The van der Waals surface area contributed by atoms with Crippen LogP contribution < -0.4 is 15.1 Å². The molecule has 0 saturated heterocycles. The molecule has 0 fully saturated rings. The molecule has 2 aromatic heterocycles. The maximum absolute atomic E-state index is 13.9. The van der Waals surface area contributed by atoms with Crippen molar-refractivity contribution in [2.24, 2.45) is 0 Å². The predicted octanol–water partition coefficient (Wildman–Crippen LogP) is 4.88. The summed E-state index contributed by atoms with van der Waals surface area (Å²) in [6.07, 6.45) is 1.50. The van der Waals surface area contributed by atoms with E-state index in [1.807, 2.05) is 26.0 Å². The average molecular weight is 466 g/mol. The Morgan fingerprint density at radius 1 is 1.15 bits per heavy atom. The predicted molar refractivity (Wildman–Crippen MR) is 123 cm³/mol. The number of benzene rings is 2. The minimum atomic E-state index is -0.806. The largest absolute Gasteiger partial charge is 0.494 e. The van der Waals surface area contributed by atoms with E-state index in [1.54, 1.807) is 12.1 Å². The van der Waals surface area contributed by atoms with Crippen LogP contribution in [-0.4, -0.2) is 22.7 Å². The summed E-state index contributed by atoms with van der Waals surface area (Å²) in [5.41, 5.74) is 0.512. The van der Waals surface area contributed by atoms with Crippen LogP contribution in [0.5, 0.6) is 5.75 Å². The first-order valence-electron chi connectivity index (χ1n) is 10.7. The number of nitrogens with zero attached hydrogens (tertiary/aromatic N) is 3. The summed E-state index contributed by atoms with van der Waals surface area (Å²) in [4.78, 5) is 28.5. The van der Waals surface area contributed by atoms with Gasteiger partial charge < -0.3 is 9.15 Å². The number of aryl methyl sites for hydroxylation is 1. The van der Waals surface area contributed by atoms with Crippen LogP contribution in [-0.2, 0) is 6.42 Å². The highest BCUT2D eigenvalue weighted by molar-refractivity contribution is 7.15. The van der Waals surface area contributed by atoms with Crippen molar-refractivity contribution in [3.8, 4) is 5.75 Å². The second kappa shape index (κ2) is 8.40. The summed E-state index contributed by atoms with van der Waals surface area (Å²) in [5, 5.41) is 9.55. The van der Waals surface area contributed by atoms with Crippen LogP contribution in [0.25, 0.3) is 11.0 Å². The van der Waals surface area contributed by atoms with Crippen molar-refractivity contribution >= 4 is 33.3 Å². The molecule has 168 valence electrons. The zero-order valence-corrected chi connectivity index (χ0v) is 18.8. The first-order chi connectivity index (χ1) is 16.0. The summed E-state index contributed by atoms with van der Waals surface area (Å²) < 4.78 is 25.5. The van der Waals surface area contributed by atoms with Gasteiger partial charge in [-0.1, -0.05) is 37.3 Å². The van der Waals surface area contributed by atoms with Crippen molar-refractivity contribution in [2.45, 2.75) is 32.7 Å². The maximum atomic E-state index is 13.9. The third-order valence-corrected chi connectivity index (χ3v) is 6.51. The minimum Gasteiger partial charge on any atom is -0.494 e. The Bertz CT molecular complexity index is 1430. The van der Waals surface area contributed by atoms with Gasteiger partial charge in [-0.25, -0.2) is 4.39 Å². The van der Waals surface area contributed by atoms with Gasteiger partial charge in [0.15, 0.2) is 5.43 Å². The van der Waals surface area contributed by atoms with Gasteiger partial charge in [-0.05, 0) is 48.7 Å². The normalized spacial score (nSPS) is 15.3. The number of halogens is 1. The smallest absolute Gasteiger partial charge is 0.297 e. The van der Waals surface area contributed by atoms with Gasteiger partial charge in [0.2, 0.25) is 10.9 Å². The van der Waals surface area contributed by atoms with Gasteiger partial charge in [-0.15, -0.1) is 10.2 Å². The number of amides is 1. The monoisotopic (exact) mass is 465 g/mol. The van der Waals surface area contributed by atoms with Gasteiger partial charge in [0.05, 0.1) is 23.6 Å². The molecule has 4 aromatic rings. The SMILES string of the molecule is CCCOc1cccc(C2c3c(oc4ccc(F)cc4c3=O)C(=O)N2c2nnc(CC)s2)c1. The standard InChI is InChI=1S/C24H20FN3O4S/c1-3-10-31-15-7-5-6-13(11-15)20-19-21(29)16-12-14(25)8-9-17(16)32-22(19)23(30)28(20)24-27-26-18(4-2)33-24/h5-9,11-12,20H,3-4,10H2,1-2H3. The topological polar surface area (TPSA) is 85.5 Å². The lowest BCUT2D eigenvalue weighted by Crippen LogP contribution is -2.29. The second-order valence-electron chi connectivity index (χ2n) is 7.65. The van der Waals surface area contributed by atoms with E-state index in [0.717, 1.165) is 17.5 Å². The Morgan fingerprint density at radius 3 is 2.76 bits per heavy atom. The fraction of sp³-hybridized carbons (Fsp3) is 0.250. The van der Waals surface area contributed by atoms with Crippen molar-refractivity contribution in [2.75, 3.05) is 11.5 Å². The van der Waals surface area contributed by atoms with E-state index in [4.69, 9.17) is 9.15 Å². The first-order valence-corrected chi connectivity index (χ1v) is 11.5. The van der Waals surface area contributed by atoms with Crippen molar-refractivity contribution in [3.63, 3.8) is 0 Å². The lowest BCUT2D eigenvalue weighted by atomic mass is 9.98. The third-order valence-electron chi connectivity index (χ3n) is 5.44. The fourth-order valence-corrected chi connectivity index (χ4v) is 4.74. The number of hydrogen-bond acceptors (Lipinski definition) is 7. The van der Waals surface area contributed by atoms with Gasteiger partial charge in [0.25, 0.3) is 5.91 Å². The summed E-state index contributed by atoms with van der Waals surface area (Å²) >= 11 is 1.28. The Kier molecular flexibility index (Phi) is 5.41. The molecule has 5 rings (SSSR count). The third kappa shape index (κ3) is 3.58. The Hall–Kier alpha value is -3.59. The molecular weight excluding hydrogens is 445 g/mol. The number of aromatic nitrogens is 2. The molecule has 1 amide bonds. The average Bonchev–Trinajstić information content (AvgIpc) is 3.41. The molecule has 7 nitrogen and oxygen atoms in total. The molecule has 0 bridgehead atoms. The van der Waals surface area contributed by atoms with Gasteiger partial charge in [0, 0.05) is 0 Å². The molecule has 1 aliphatic heterocycles. The first kappa shape index (κ1) is 21.3. The van der Waals surface area contributed by atoms with Crippen LogP contribution in [0.1, 0.15) is 53.0 Å². The molecule has 1 atom stereocenters. The van der Waals surface area contributed by atoms with E-state index in [9.17, 15) is 14.0 Å². The van der Waals surface area contributed by atoms with Crippen LogP contribution in [0, 0.1) is 5.82 Å². The van der Waals surface area contributed by atoms with E-state index in [-0.39, 0.29) is 22.3 Å². The van der Waals surface area contributed by atoms with Gasteiger partial charge in [-0.3, -0.25) is 14.5 Å². The Morgan fingerprint density at radius 2 is 2.00 bits per heavy atom. The lowest BCUT2D eigenvalue weighted by Gasteiger charge is -2.22. The molecule has 9 heteroatoms. The summed E-state index contributed by atoms with van der Waals surface area (Å²) in [6.45, 7) is 4.49. The van der Waals surface area contributed by atoms with Crippen LogP contribution >= 0.6 is 11.3 Å². The van der Waals surface area contributed by atoms with Crippen LogP contribution in [0.15, 0.2) is 51.7 Å². The van der Waals surface area contributed by atoms with Gasteiger partial charge in [0.1, 0.15) is 22.2 Å². The zero-order chi connectivity index (χ0) is 23.1. The number of hydrogen-bond donors (Lipinski definition) is 0. The maximum Gasteiger partial charge on any atom is 0.297 e. The number of fused-ring (bicyclic) bond motifs is 2. The molecule has 1 aliphatic rings. The van der Waals surface area contributed by atoms with Crippen molar-refractivity contribution in [1.82, 2.24) is 10.2 Å².